The van der Waals surface area contributed by atoms with Crippen LogP contribution in [0.15, 0.2) is 47.8 Å². The van der Waals surface area contributed by atoms with Crippen molar-refractivity contribution in [1.29, 1.82) is 0 Å². The van der Waals surface area contributed by atoms with Gasteiger partial charge >= 0.3 is 11.9 Å². The van der Waals surface area contributed by atoms with Crippen LogP contribution in [0.25, 0.3) is 0 Å². The van der Waals surface area contributed by atoms with Crippen LogP contribution < -0.4 is 0 Å². The van der Waals surface area contributed by atoms with E-state index in [1.54, 1.807) is 18.1 Å². The van der Waals surface area contributed by atoms with Gasteiger partial charge in [-0.25, -0.2) is 14.0 Å². The standard InChI is InChI=1S/C18H20FNO5/c1-23-9-8-20-10-13(17(21)24-2)16(14(11-20)18(22)25-3)12-6-4-5-7-15(12)19/h4-7,10-11,16H,8-9H2,1-3H3. The topological polar surface area (TPSA) is 65.1 Å². The summed E-state index contributed by atoms with van der Waals surface area (Å²) in [5, 5.41) is 0. The summed E-state index contributed by atoms with van der Waals surface area (Å²) in [6, 6.07) is 5.98. The average molecular weight is 349 g/mol. The van der Waals surface area contributed by atoms with Crippen LogP contribution in [0.5, 0.6) is 0 Å². The molecule has 0 aliphatic carbocycles. The van der Waals surface area contributed by atoms with Crippen molar-refractivity contribution >= 4 is 11.9 Å². The van der Waals surface area contributed by atoms with Gasteiger partial charge in [0.15, 0.2) is 0 Å². The van der Waals surface area contributed by atoms with Crippen LogP contribution in [0.3, 0.4) is 0 Å². The number of hydrogen-bond donors (Lipinski definition) is 0. The summed E-state index contributed by atoms with van der Waals surface area (Å²) in [5.74, 6) is -2.74. The Morgan fingerprint density at radius 1 is 1.04 bits per heavy atom. The second-order valence-corrected chi connectivity index (χ2v) is 5.34. The number of nitrogens with zero attached hydrogens (tertiary/aromatic N) is 1. The van der Waals surface area contributed by atoms with Crippen molar-refractivity contribution in [3.63, 3.8) is 0 Å². The van der Waals surface area contributed by atoms with Gasteiger partial charge in [-0.05, 0) is 6.07 Å². The molecule has 0 saturated heterocycles. The van der Waals surface area contributed by atoms with Crippen LogP contribution in [-0.2, 0) is 23.8 Å². The molecule has 0 radical (unpaired) electrons. The molecule has 7 heteroatoms. The Balaban J connectivity index is 2.57. The van der Waals surface area contributed by atoms with Gasteiger partial charge in [0.1, 0.15) is 5.82 Å². The van der Waals surface area contributed by atoms with E-state index in [9.17, 15) is 14.0 Å². The Bertz CT molecular complexity index is 679. The van der Waals surface area contributed by atoms with Gasteiger partial charge in [0.2, 0.25) is 0 Å². The summed E-state index contributed by atoms with van der Waals surface area (Å²) in [4.78, 5) is 26.2. The first-order valence-corrected chi connectivity index (χ1v) is 7.62. The number of rotatable bonds is 6. The zero-order valence-electron chi connectivity index (χ0n) is 14.3. The second kappa shape index (κ2) is 8.43. The zero-order valence-corrected chi connectivity index (χ0v) is 14.3. The second-order valence-electron chi connectivity index (χ2n) is 5.34. The number of esters is 2. The minimum atomic E-state index is -0.917. The molecule has 134 valence electrons. The molecule has 0 spiro atoms. The van der Waals surface area contributed by atoms with E-state index in [1.165, 1.54) is 44.8 Å². The zero-order chi connectivity index (χ0) is 18.4. The molecule has 1 aromatic carbocycles. The van der Waals surface area contributed by atoms with Gasteiger partial charge in [-0.3, -0.25) is 0 Å². The molecule has 0 bridgehead atoms. The molecule has 1 aliphatic heterocycles. The van der Waals surface area contributed by atoms with E-state index >= 15 is 0 Å². The van der Waals surface area contributed by atoms with Crippen LogP contribution in [-0.4, -0.2) is 51.3 Å². The molecule has 0 N–H and O–H groups in total. The lowest BCUT2D eigenvalue weighted by molar-refractivity contribution is -0.137. The van der Waals surface area contributed by atoms with Crippen molar-refractivity contribution in [2.75, 3.05) is 34.5 Å². The predicted molar refractivity (Wildman–Crippen MR) is 87.9 cm³/mol. The van der Waals surface area contributed by atoms with Gasteiger partial charge in [0, 0.05) is 31.6 Å². The van der Waals surface area contributed by atoms with Crippen LogP contribution >= 0.6 is 0 Å². The lowest BCUT2D eigenvalue weighted by atomic mass is 9.83. The highest BCUT2D eigenvalue weighted by molar-refractivity contribution is 5.98. The molecule has 0 amide bonds. The molecule has 2 rings (SSSR count). The fraction of sp³-hybridized carbons (Fsp3) is 0.333. The quantitative estimate of drug-likeness (QED) is 0.732. The van der Waals surface area contributed by atoms with Gasteiger partial charge in [-0.15, -0.1) is 0 Å². The van der Waals surface area contributed by atoms with Crippen molar-refractivity contribution in [3.05, 3.63) is 59.2 Å². The Hall–Kier alpha value is -2.67. The van der Waals surface area contributed by atoms with E-state index in [-0.39, 0.29) is 16.7 Å². The summed E-state index contributed by atoms with van der Waals surface area (Å²) in [7, 11) is 4.01. The highest BCUT2D eigenvalue weighted by Gasteiger charge is 2.36. The van der Waals surface area contributed by atoms with Crippen molar-refractivity contribution in [3.8, 4) is 0 Å². The molecular weight excluding hydrogens is 329 g/mol. The van der Waals surface area contributed by atoms with Crippen molar-refractivity contribution in [2.45, 2.75) is 5.92 Å². The number of ether oxygens (including phenoxy) is 3. The highest BCUT2D eigenvalue weighted by atomic mass is 19.1. The van der Waals surface area contributed by atoms with E-state index < -0.39 is 23.7 Å². The van der Waals surface area contributed by atoms with Gasteiger partial charge in [-0.1, -0.05) is 18.2 Å². The number of carbonyl (C=O) groups is 2. The Labute approximate surface area is 145 Å². The Morgan fingerprint density at radius 2 is 1.60 bits per heavy atom. The maximum atomic E-state index is 14.4. The summed E-state index contributed by atoms with van der Waals surface area (Å²) in [6.45, 7) is 0.780. The highest BCUT2D eigenvalue weighted by Crippen LogP contribution is 2.38. The lowest BCUT2D eigenvalue weighted by Crippen LogP contribution is -2.30. The molecule has 0 atom stereocenters. The normalized spacial score (nSPS) is 14.6. The molecular formula is C18H20FNO5. The number of halogens is 1. The van der Waals surface area contributed by atoms with E-state index in [0.717, 1.165) is 0 Å². The van der Waals surface area contributed by atoms with Crippen LogP contribution in [0.4, 0.5) is 4.39 Å². The minimum absolute atomic E-state index is 0.145. The van der Waals surface area contributed by atoms with Crippen molar-refractivity contribution in [2.24, 2.45) is 0 Å². The molecule has 0 fully saturated rings. The molecule has 25 heavy (non-hydrogen) atoms. The maximum Gasteiger partial charge on any atom is 0.336 e. The number of methoxy groups -OCH3 is 3. The molecule has 0 aromatic heterocycles. The number of hydrogen-bond acceptors (Lipinski definition) is 6. The largest absolute Gasteiger partial charge is 0.466 e. The number of benzene rings is 1. The van der Waals surface area contributed by atoms with Gasteiger partial charge in [0.25, 0.3) is 0 Å². The molecule has 6 nitrogen and oxygen atoms in total. The summed E-state index contributed by atoms with van der Waals surface area (Å²) in [5.41, 5.74) is 0.486. The van der Waals surface area contributed by atoms with Gasteiger partial charge < -0.3 is 19.1 Å². The third-order valence-electron chi connectivity index (χ3n) is 3.84. The SMILES string of the molecule is COCCN1C=C(C(=O)OC)C(c2ccccc2F)C(C(=O)OC)=C1. The summed E-state index contributed by atoms with van der Waals surface area (Å²) >= 11 is 0. The molecule has 0 unspecified atom stereocenters. The minimum Gasteiger partial charge on any atom is -0.466 e. The fourth-order valence-electron chi connectivity index (χ4n) is 2.66. The third kappa shape index (κ3) is 4.06. The lowest BCUT2D eigenvalue weighted by Gasteiger charge is -2.30. The first-order valence-electron chi connectivity index (χ1n) is 7.62. The van der Waals surface area contributed by atoms with Crippen molar-refractivity contribution < 1.29 is 28.2 Å². The molecule has 1 aromatic rings. The Kier molecular flexibility index (Phi) is 6.30. The average Bonchev–Trinajstić information content (AvgIpc) is 2.64. The van der Waals surface area contributed by atoms with E-state index in [1.807, 2.05) is 0 Å². The molecule has 1 aliphatic rings. The first kappa shape index (κ1) is 18.7. The maximum absolute atomic E-state index is 14.4. The summed E-state index contributed by atoms with van der Waals surface area (Å²) < 4.78 is 29.0. The number of carbonyl (C=O) groups excluding carboxylic acids is 2. The predicted octanol–water partition coefficient (Wildman–Crippen LogP) is 1.99. The Morgan fingerprint density at radius 3 is 2.08 bits per heavy atom. The van der Waals surface area contributed by atoms with E-state index in [0.29, 0.717) is 13.2 Å². The van der Waals surface area contributed by atoms with Gasteiger partial charge in [0.05, 0.1) is 37.9 Å². The van der Waals surface area contributed by atoms with E-state index in [4.69, 9.17) is 14.2 Å². The third-order valence-corrected chi connectivity index (χ3v) is 3.84. The van der Waals surface area contributed by atoms with Crippen molar-refractivity contribution in [1.82, 2.24) is 4.90 Å². The van der Waals surface area contributed by atoms with Crippen LogP contribution in [0.2, 0.25) is 0 Å². The fourth-order valence-corrected chi connectivity index (χ4v) is 2.66. The molecule has 1 heterocycles. The van der Waals surface area contributed by atoms with E-state index in [2.05, 4.69) is 0 Å². The van der Waals surface area contributed by atoms with Crippen LogP contribution in [0.1, 0.15) is 11.5 Å². The van der Waals surface area contributed by atoms with Crippen LogP contribution in [0, 0.1) is 5.82 Å². The van der Waals surface area contributed by atoms with Gasteiger partial charge in [-0.2, -0.15) is 0 Å². The summed E-state index contributed by atoms with van der Waals surface area (Å²) in [6.07, 6.45) is 3.07. The molecule has 0 saturated carbocycles. The monoisotopic (exact) mass is 349 g/mol. The smallest absolute Gasteiger partial charge is 0.336 e. The first-order chi connectivity index (χ1) is 12.0.